The molecule has 0 aliphatic rings. The fourth-order valence-corrected chi connectivity index (χ4v) is 1.29. The highest BCUT2D eigenvalue weighted by Crippen LogP contribution is 2.20. The molecule has 0 radical (unpaired) electrons. The molecule has 0 aromatic heterocycles. The molecule has 0 aliphatic heterocycles. The first-order valence-electron chi connectivity index (χ1n) is 5.12. The van der Waals surface area contributed by atoms with Crippen LogP contribution in [0.25, 0.3) is 0 Å². The van der Waals surface area contributed by atoms with Crippen molar-refractivity contribution in [3.8, 4) is 5.75 Å². The molecule has 0 bridgehead atoms. The average Bonchev–Trinajstić information content (AvgIpc) is 2.28. The van der Waals surface area contributed by atoms with Gasteiger partial charge in [0.25, 0.3) is 0 Å². The Hall–Kier alpha value is -2.15. The molecule has 18 heavy (non-hydrogen) atoms. The second kappa shape index (κ2) is 5.97. The van der Waals surface area contributed by atoms with Gasteiger partial charge in [-0.3, -0.25) is 9.59 Å². The van der Waals surface area contributed by atoms with Crippen LogP contribution < -0.4 is 21.5 Å². The molecule has 7 heteroatoms. The number of nitrogens with one attached hydrogen (secondary N) is 1. The lowest BCUT2D eigenvalue weighted by molar-refractivity contribution is -0.123. The highest BCUT2D eigenvalue weighted by atomic mass is 19.1. The molecule has 5 N–H and O–H groups in total. The van der Waals surface area contributed by atoms with Crippen molar-refractivity contribution >= 4 is 17.5 Å². The van der Waals surface area contributed by atoms with E-state index in [1.54, 1.807) is 0 Å². The minimum Gasteiger partial charge on any atom is -0.494 e. The first kappa shape index (κ1) is 13.9. The van der Waals surface area contributed by atoms with Crippen LogP contribution in [0.2, 0.25) is 0 Å². The Morgan fingerprint density at radius 1 is 1.50 bits per heavy atom. The van der Waals surface area contributed by atoms with E-state index in [2.05, 4.69) is 5.32 Å². The van der Waals surface area contributed by atoms with Crippen molar-refractivity contribution in [2.24, 2.45) is 11.5 Å². The molecule has 0 heterocycles. The van der Waals surface area contributed by atoms with Crippen molar-refractivity contribution in [1.29, 1.82) is 0 Å². The molecule has 98 valence electrons. The third-order valence-corrected chi connectivity index (χ3v) is 2.18. The fourth-order valence-electron chi connectivity index (χ4n) is 1.29. The van der Waals surface area contributed by atoms with Crippen LogP contribution >= 0.6 is 0 Å². The highest BCUT2D eigenvalue weighted by molar-refractivity contribution is 5.97. The van der Waals surface area contributed by atoms with Gasteiger partial charge >= 0.3 is 0 Å². The quantitative estimate of drug-likeness (QED) is 0.686. The summed E-state index contributed by atoms with van der Waals surface area (Å²) < 4.78 is 18.1. The molecule has 1 aromatic rings. The number of methoxy groups -OCH3 is 1. The number of anilines is 1. The molecule has 6 nitrogen and oxygen atoms in total. The summed E-state index contributed by atoms with van der Waals surface area (Å²) in [4.78, 5) is 22.1. The maximum absolute atomic E-state index is 13.3. The third-order valence-electron chi connectivity index (χ3n) is 2.18. The zero-order valence-corrected chi connectivity index (χ0v) is 9.77. The number of rotatable bonds is 5. The van der Waals surface area contributed by atoms with Crippen LogP contribution in [-0.2, 0) is 9.59 Å². The van der Waals surface area contributed by atoms with Gasteiger partial charge in [-0.05, 0) is 12.1 Å². The van der Waals surface area contributed by atoms with Gasteiger partial charge in [0, 0.05) is 11.8 Å². The molecule has 1 unspecified atom stereocenters. The Bertz CT molecular complexity index is 465. The lowest BCUT2D eigenvalue weighted by Crippen LogP contribution is -2.39. The van der Waals surface area contributed by atoms with Crippen LogP contribution in [-0.4, -0.2) is 25.0 Å². The average molecular weight is 255 g/mol. The SMILES string of the molecule is COc1ccc(NC(=O)C(N)CC(N)=O)cc1F. The van der Waals surface area contributed by atoms with E-state index < -0.39 is 23.7 Å². The van der Waals surface area contributed by atoms with E-state index in [4.69, 9.17) is 16.2 Å². The number of hydrogen-bond donors (Lipinski definition) is 3. The lowest BCUT2D eigenvalue weighted by atomic mass is 10.2. The van der Waals surface area contributed by atoms with Gasteiger partial charge in [0.2, 0.25) is 11.8 Å². The van der Waals surface area contributed by atoms with E-state index in [0.29, 0.717) is 0 Å². The molecule has 1 rings (SSSR count). The zero-order valence-electron chi connectivity index (χ0n) is 9.77. The van der Waals surface area contributed by atoms with Crippen molar-refractivity contribution in [3.05, 3.63) is 24.0 Å². The summed E-state index contributed by atoms with van der Waals surface area (Å²) >= 11 is 0. The highest BCUT2D eigenvalue weighted by Gasteiger charge is 2.16. The van der Waals surface area contributed by atoms with Crippen LogP contribution in [0.3, 0.4) is 0 Å². The first-order chi connectivity index (χ1) is 8.43. The topological polar surface area (TPSA) is 107 Å². The van der Waals surface area contributed by atoms with E-state index in [-0.39, 0.29) is 17.9 Å². The van der Waals surface area contributed by atoms with E-state index in [1.807, 2.05) is 0 Å². The van der Waals surface area contributed by atoms with Gasteiger partial charge in [-0.25, -0.2) is 4.39 Å². The number of hydrogen-bond acceptors (Lipinski definition) is 4. The van der Waals surface area contributed by atoms with Crippen molar-refractivity contribution in [1.82, 2.24) is 0 Å². The standard InChI is InChI=1S/C11H14FN3O3/c1-18-9-3-2-6(4-7(9)12)15-11(17)8(13)5-10(14)16/h2-4,8H,5,13H2,1H3,(H2,14,16)(H,15,17). The Balaban J connectivity index is 2.70. The van der Waals surface area contributed by atoms with Gasteiger partial charge in [-0.2, -0.15) is 0 Å². The zero-order chi connectivity index (χ0) is 13.7. The van der Waals surface area contributed by atoms with E-state index >= 15 is 0 Å². The molecule has 2 amide bonds. The fraction of sp³-hybridized carbons (Fsp3) is 0.273. The number of carbonyl (C=O) groups excluding carboxylic acids is 2. The van der Waals surface area contributed by atoms with Gasteiger partial charge in [0.05, 0.1) is 19.6 Å². The normalized spacial score (nSPS) is 11.7. The van der Waals surface area contributed by atoms with E-state index in [9.17, 15) is 14.0 Å². The number of amides is 2. The molecular weight excluding hydrogens is 241 g/mol. The second-order valence-electron chi connectivity index (χ2n) is 3.62. The number of ether oxygens (including phenoxy) is 1. The lowest BCUT2D eigenvalue weighted by Gasteiger charge is -2.11. The summed E-state index contributed by atoms with van der Waals surface area (Å²) in [7, 11) is 1.33. The molecule has 0 saturated heterocycles. The second-order valence-corrected chi connectivity index (χ2v) is 3.62. The maximum atomic E-state index is 13.3. The predicted molar refractivity (Wildman–Crippen MR) is 63.4 cm³/mol. The summed E-state index contributed by atoms with van der Waals surface area (Å²) in [6.45, 7) is 0. The minimum atomic E-state index is -1.06. The summed E-state index contributed by atoms with van der Waals surface area (Å²) in [6.07, 6.45) is -0.273. The van der Waals surface area contributed by atoms with Crippen molar-refractivity contribution in [2.75, 3.05) is 12.4 Å². The molecule has 1 aromatic carbocycles. The number of benzene rings is 1. The first-order valence-corrected chi connectivity index (χ1v) is 5.12. The molecule has 0 saturated carbocycles. The Morgan fingerprint density at radius 3 is 2.67 bits per heavy atom. The number of primary amides is 1. The van der Waals surface area contributed by atoms with Gasteiger partial charge in [0.1, 0.15) is 0 Å². The minimum absolute atomic E-state index is 0.0643. The smallest absolute Gasteiger partial charge is 0.241 e. The Kier molecular flexibility index (Phi) is 4.61. The summed E-state index contributed by atoms with van der Waals surface area (Å²) in [5.41, 5.74) is 10.6. The predicted octanol–water partition coefficient (Wildman–Crippen LogP) is -0.0245. The Morgan fingerprint density at radius 2 is 2.17 bits per heavy atom. The molecular formula is C11H14FN3O3. The Labute approximate surface area is 103 Å². The molecule has 0 spiro atoms. The van der Waals surface area contributed by atoms with Gasteiger partial charge in [0.15, 0.2) is 11.6 Å². The number of carbonyl (C=O) groups is 2. The number of halogens is 1. The van der Waals surface area contributed by atoms with Crippen molar-refractivity contribution in [2.45, 2.75) is 12.5 Å². The van der Waals surface area contributed by atoms with Crippen LogP contribution in [0.1, 0.15) is 6.42 Å². The summed E-state index contributed by atoms with van der Waals surface area (Å²) in [5.74, 6) is -1.84. The van der Waals surface area contributed by atoms with Crippen LogP contribution in [0.5, 0.6) is 5.75 Å². The summed E-state index contributed by atoms with van der Waals surface area (Å²) in [6, 6.07) is 2.85. The van der Waals surface area contributed by atoms with E-state index in [1.165, 1.54) is 19.2 Å². The molecule has 1 atom stereocenters. The van der Waals surface area contributed by atoms with Gasteiger partial charge < -0.3 is 21.5 Å². The van der Waals surface area contributed by atoms with Crippen molar-refractivity contribution < 1.29 is 18.7 Å². The largest absolute Gasteiger partial charge is 0.494 e. The molecule has 0 fully saturated rings. The monoisotopic (exact) mass is 255 g/mol. The number of nitrogens with two attached hydrogens (primary N) is 2. The van der Waals surface area contributed by atoms with Crippen LogP contribution in [0, 0.1) is 5.82 Å². The molecule has 0 aliphatic carbocycles. The third kappa shape index (κ3) is 3.70. The van der Waals surface area contributed by atoms with Crippen LogP contribution in [0.4, 0.5) is 10.1 Å². The summed E-state index contributed by atoms with van der Waals surface area (Å²) in [5, 5.41) is 2.37. The van der Waals surface area contributed by atoms with Crippen LogP contribution in [0.15, 0.2) is 18.2 Å². The van der Waals surface area contributed by atoms with Gasteiger partial charge in [-0.1, -0.05) is 0 Å². The van der Waals surface area contributed by atoms with Crippen molar-refractivity contribution in [3.63, 3.8) is 0 Å². The van der Waals surface area contributed by atoms with E-state index in [0.717, 1.165) is 6.07 Å². The van der Waals surface area contributed by atoms with Gasteiger partial charge in [-0.15, -0.1) is 0 Å². The maximum Gasteiger partial charge on any atom is 0.241 e.